The van der Waals surface area contributed by atoms with Crippen LogP contribution in [-0.2, 0) is 16.0 Å². The Labute approximate surface area is 197 Å². The van der Waals surface area contributed by atoms with E-state index in [0.29, 0.717) is 41.3 Å². The van der Waals surface area contributed by atoms with E-state index in [1.165, 1.54) is 4.90 Å². The van der Waals surface area contributed by atoms with Crippen LogP contribution < -0.4 is 10.1 Å². The van der Waals surface area contributed by atoms with E-state index in [2.05, 4.69) is 5.32 Å². The number of carbonyl (C=O) groups is 3. The highest BCUT2D eigenvalue weighted by atomic mass is 16.5. The Morgan fingerprint density at radius 2 is 1.68 bits per heavy atom. The molecule has 0 radical (unpaired) electrons. The van der Waals surface area contributed by atoms with Gasteiger partial charge in [0.2, 0.25) is 5.91 Å². The maximum absolute atomic E-state index is 12.8. The molecule has 1 unspecified atom stereocenters. The zero-order chi connectivity index (χ0) is 23.5. The first-order chi connectivity index (χ1) is 16.6. The van der Waals surface area contributed by atoms with Crippen molar-refractivity contribution >= 4 is 23.4 Å². The quantitative estimate of drug-likeness (QED) is 0.532. The number of carbonyl (C=O) groups excluding carboxylic acids is 3. The summed E-state index contributed by atoms with van der Waals surface area (Å²) in [7, 11) is 0. The van der Waals surface area contributed by atoms with E-state index >= 15 is 0 Å². The molecule has 0 aliphatic carbocycles. The highest BCUT2D eigenvalue weighted by Gasteiger charge is 2.37. The van der Waals surface area contributed by atoms with Crippen molar-refractivity contribution in [2.24, 2.45) is 0 Å². The van der Waals surface area contributed by atoms with Gasteiger partial charge in [-0.05, 0) is 60.9 Å². The molecule has 7 heteroatoms. The van der Waals surface area contributed by atoms with Crippen LogP contribution in [0.4, 0.5) is 5.69 Å². The van der Waals surface area contributed by atoms with Crippen LogP contribution in [0.25, 0.3) is 0 Å². The van der Waals surface area contributed by atoms with Crippen molar-refractivity contribution in [2.75, 3.05) is 18.5 Å². The summed E-state index contributed by atoms with van der Waals surface area (Å²) in [6, 6.07) is 21.4. The second-order valence-electron chi connectivity index (χ2n) is 8.40. The molecule has 3 amide bonds. The average Bonchev–Trinajstić information content (AvgIpc) is 3.44. The van der Waals surface area contributed by atoms with Gasteiger partial charge in [0.1, 0.15) is 11.5 Å². The Bertz CT molecular complexity index is 1220. The van der Waals surface area contributed by atoms with Crippen molar-refractivity contribution in [2.45, 2.75) is 25.4 Å². The molecule has 0 spiro atoms. The highest BCUT2D eigenvalue weighted by molar-refractivity contribution is 6.21. The maximum Gasteiger partial charge on any atom is 0.261 e. The van der Waals surface area contributed by atoms with Crippen molar-refractivity contribution in [1.29, 1.82) is 0 Å². The largest absolute Gasteiger partial charge is 0.457 e. The van der Waals surface area contributed by atoms with Crippen LogP contribution in [0, 0.1) is 0 Å². The zero-order valence-corrected chi connectivity index (χ0v) is 18.5. The lowest BCUT2D eigenvalue weighted by Gasteiger charge is -2.17. The SMILES string of the molecule is O=C(Cc1ccccc1)Nc1ccc(Oc2ccc3c(c2)C(=O)N(CC2CCCO2)C3=O)cc1. The molecule has 1 atom stereocenters. The van der Waals surface area contributed by atoms with Crippen molar-refractivity contribution < 1.29 is 23.9 Å². The van der Waals surface area contributed by atoms with E-state index in [9.17, 15) is 14.4 Å². The highest BCUT2D eigenvalue weighted by Crippen LogP contribution is 2.31. The molecule has 0 saturated carbocycles. The second-order valence-corrected chi connectivity index (χ2v) is 8.40. The number of ether oxygens (including phenoxy) is 2. The minimum absolute atomic E-state index is 0.0929. The molecule has 34 heavy (non-hydrogen) atoms. The van der Waals surface area contributed by atoms with Gasteiger partial charge >= 0.3 is 0 Å². The summed E-state index contributed by atoms with van der Waals surface area (Å²) in [5.74, 6) is 0.290. The number of anilines is 1. The summed E-state index contributed by atoms with van der Waals surface area (Å²) in [4.78, 5) is 39.0. The number of imide groups is 1. The van der Waals surface area contributed by atoms with Gasteiger partial charge in [0, 0.05) is 12.3 Å². The van der Waals surface area contributed by atoms with Crippen LogP contribution in [0.5, 0.6) is 11.5 Å². The number of benzene rings is 3. The van der Waals surface area contributed by atoms with E-state index in [1.54, 1.807) is 42.5 Å². The summed E-state index contributed by atoms with van der Waals surface area (Å²) in [5, 5.41) is 2.87. The fourth-order valence-electron chi connectivity index (χ4n) is 4.22. The molecule has 3 aromatic carbocycles. The van der Waals surface area contributed by atoms with Crippen LogP contribution in [-0.4, -0.2) is 41.9 Å². The van der Waals surface area contributed by atoms with Gasteiger partial charge in [-0.25, -0.2) is 0 Å². The first-order valence-corrected chi connectivity index (χ1v) is 11.3. The molecule has 0 bridgehead atoms. The first-order valence-electron chi connectivity index (χ1n) is 11.3. The van der Waals surface area contributed by atoms with E-state index in [4.69, 9.17) is 9.47 Å². The third kappa shape index (κ3) is 4.70. The standard InChI is InChI=1S/C27H24N2O5/c30-25(15-18-5-2-1-3-6-18)28-19-8-10-20(11-9-19)34-21-12-13-23-24(16-21)27(32)29(26(23)31)17-22-7-4-14-33-22/h1-3,5-6,8-13,16,22H,4,7,14-15,17H2,(H,28,30). The van der Waals surface area contributed by atoms with Crippen molar-refractivity contribution in [3.05, 3.63) is 89.5 Å². The van der Waals surface area contributed by atoms with Crippen LogP contribution in [0.15, 0.2) is 72.8 Å². The number of nitrogens with one attached hydrogen (secondary N) is 1. The van der Waals surface area contributed by atoms with Crippen molar-refractivity contribution in [3.63, 3.8) is 0 Å². The lowest BCUT2D eigenvalue weighted by atomic mass is 10.1. The summed E-state index contributed by atoms with van der Waals surface area (Å²) in [5.41, 5.74) is 2.32. The zero-order valence-electron chi connectivity index (χ0n) is 18.5. The van der Waals surface area contributed by atoms with E-state index in [1.807, 2.05) is 30.3 Å². The van der Waals surface area contributed by atoms with Crippen LogP contribution in [0.3, 0.4) is 0 Å². The monoisotopic (exact) mass is 456 g/mol. The molecule has 2 aliphatic rings. The number of hydrogen-bond acceptors (Lipinski definition) is 5. The van der Waals surface area contributed by atoms with E-state index in [-0.39, 0.29) is 30.4 Å². The van der Waals surface area contributed by atoms with Gasteiger partial charge in [-0.1, -0.05) is 30.3 Å². The predicted molar refractivity (Wildman–Crippen MR) is 126 cm³/mol. The average molecular weight is 456 g/mol. The van der Waals surface area contributed by atoms with Crippen molar-refractivity contribution in [1.82, 2.24) is 4.90 Å². The van der Waals surface area contributed by atoms with Crippen molar-refractivity contribution in [3.8, 4) is 11.5 Å². The number of rotatable bonds is 7. The summed E-state index contributed by atoms with van der Waals surface area (Å²) in [6.45, 7) is 0.946. The number of fused-ring (bicyclic) bond motifs is 1. The molecule has 1 saturated heterocycles. The molecule has 2 aliphatic heterocycles. The molecular formula is C27H24N2O5. The molecule has 0 aromatic heterocycles. The first kappa shape index (κ1) is 21.9. The van der Waals surface area contributed by atoms with Gasteiger partial charge in [0.05, 0.1) is 30.2 Å². The molecule has 3 aromatic rings. The Morgan fingerprint density at radius 3 is 2.41 bits per heavy atom. The second kappa shape index (κ2) is 9.49. The third-order valence-corrected chi connectivity index (χ3v) is 5.93. The van der Waals surface area contributed by atoms with E-state index < -0.39 is 0 Å². The molecular weight excluding hydrogens is 432 g/mol. The minimum Gasteiger partial charge on any atom is -0.457 e. The molecule has 1 N–H and O–H groups in total. The summed E-state index contributed by atoms with van der Waals surface area (Å²) >= 11 is 0. The molecule has 7 nitrogen and oxygen atoms in total. The Kier molecular flexibility index (Phi) is 6.10. The predicted octanol–water partition coefficient (Wildman–Crippen LogP) is 4.44. The van der Waals surface area contributed by atoms with Gasteiger partial charge in [-0.3, -0.25) is 19.3 Å². The number of hydrogen-bond donors (Lipinski definition) is 1. The summed E-state index contributed by atoms with van der Waals surface area (Å²) in [6.07, 6.45) is 2.00. The van der Waals surface area contributed by atoms with Gasteiger partial charge < -0.3 is 14.8 Å². The topological polar surface area (TPSA) is 84.9 Å². The van der Waals surface area contributed by atoms with Gasteiger partial charge in [-0.15, -0.1) is 0 Å². The van der Waals surface area contributed by atoms with Gasteiger partial charge in [0.25, 0.3) is 11.8 Å². The Hall–Kier alpha value is -3.97. The Morgan fingerprint density at radius 1 is 0.941 bits per heavy atom. The van der Waals surface area contributed by atoms with Gasteiger partial charge in [-0.2, -0.15) is 0 Å². The normalized spacial score (nSPS) is 17.1. The molecule has 1 fully saturated rings. The lowest BCUT2D eigenvalue weighted by molar-refractivity contribution is -0.115. The van der Waals surface area contributed by atoms with E-state index in [0.717, 1.165) is 18.4 Å². The van der Waals surface area contributed by atoms with Crippen LogP contribution in [0.1, 0.15) is 39.1 Å². The smallest absolute Gasteiger partial charge is 0.261 e. The number of amides is 3. The van der Waals surface area contributed by atoms with Crippen LogP contribution >= 0.6 is 0 Å². The lowest BCUT2D eigenvalue weighted by Crippen LogP contribution is -2.36. The minimum atomic E-state index is -0.322. The molecule has 5 rings (SSSR count). The Balaban J connectivity index is 1.22. The van der Waals surface area contributed by atoms with Crippen LogP contribution in [0.2, 0.25) is 0 Å². The number of nitrogens with zero attached hydrogens (tertiary/aromatic N) is 1. The third-order valence-electron chi connectivity index (χ3n) is 5.93. The summed E-state index contributed by atoms with van der Waals surface area (Å²) < 4.78 is 11.5. The molecule has 2 heterocycles. The molecule has 172 valence electrons. The fourth-order valence-corrected chi connectivity index (χ4v) is 4.22. The van der Waals surface area contributed by atoms with Gasteiger partial charge in [0.15, 0.2) is 0 Å². The fraction of sp³-hybridized carbons (Fsp3) is 0.222. The maximum atomic E-state index is 12.8.